The highest BCUT2D eigenvalue weighted by Gasteiger charge is 2.32. The number of hydrogen-bond acceptors (Lipinski definition) is 6. The Morgan fingerprint density at radius 1 is 0.894 bits per heavy atom. The molecule has 0 radical (unpaired) electrons. The van der Waals surface area contributed by atoms with E-state index in [-0.39, 0.29) is 12.3 Å². The zero-order chi connectivity index (χ0) is 33.0. The van der Waals surface area contributed by atoms with Crippen molar-refractivity contribution >= 4 is 46.3 Å². The molecule has 47 heavy (non-hydrogen) atoms. The Balaban J connectivity index is 1.22. The van der Waals surface area contributed by atoms with Gasteiger partial charge in [0.15, 0.2) is 0 Å². The minimum Gasteiger partial charge on any atom is -0.489 e. The van der Waals surface area contributed by atoms with Crippen LogP contribution in [0.15, 0.2) is 90.0 Å². The third kappa shape index (κ3) is 9.89. The first-order valence-corrected chi connectivity index (χ1v) is 17.5. The van der Waals surface area contributed by atoms with Crippen molar-refractivity contribution in [2.24, 2.45) is 0 Å². The summed E-state index contributed by atoms with van der Waals surface area (Å²) in [7, 11) is 0. The first kappa shape index (κ1) is 34.1. The van der Waals surface area contributed by atoms with Crippen LogP contribution in [0.1, 0.15) is 74.5 Å². The minimum atomic E-state index is -0.719. The van der Waals surface area contributed by atoms with Crippen LogP contribution in [-0.2, 0) is 16.2 Å². The fourth-order valence-electron chi connectivity index (χ4n) is 5.43. The number of benzene rings is 3. The summed E-state index contributed by atoms with van der Waals surface area (Å²) in [6.45, 7) is 3.17. The van der Waals surface area contributed by atoms with E-state index in [9.17, 15) is 9.59 Å². The van der Waals surface area contributed by atoms with Gasteiger partial charge in [-0.2, -0.15) is 5.10 Å². The maximum Gasteiger partial charge on any atom is 0.303 e. The number of carbonyl (C=O) groups excluding carboxylic acids is 1. The van der Waals surface area contributed by atoms with E-state index in [0.717, 1.165) is 85.2 Å². The lowest BCUT2D eigenvalue weighted by Gasteiger charge is -2.14. The molecule has 1 aliphatic rings. The number of aliphatic carboxylic acids is 1. The Morgan fingerprint density at radius 3 is 2.23 bits per heavy atom. The van der Waals surface area contributed by atoms with Crippen molar-refractivity contribution in [3.63, 3.8) is 0 Å². The topological polar surface area (TPSA) is 84.7 Å². The normalized spacial score (nSPS) is 13.9. The number of aromatic nitrogens is 2. The van der Waals surface area contributed by atoms with Crippen LogP contribution in [-0.4, -0.2) is 42.5 Å². The number of nitrogens with zero attached hydrogens (tertiary/aromatic N) is 3. The molecule has 0 atom stereocenters. The molecule has 5 rings (SSSR count). The number of amides is 1. The first-order chi connectivity index (χ1) is 22.9. The smallest absolute Gasteiger partial charge is 0.303 e. The largest absolute Gasteiger partial charge is 0.489 e. The summed E-state index contributed by atoms with van der Waals surface area (Å²) in [5.41, 5.74) is 5.79. The van der Waals surface area contributed by atoms with Crippen molar-refractivity contribution in [1.82, 2.24) is 14.7 Å². The summed E-state index contributed by atoms with van der Waals surface area (Å²) in [6, 6.07) is 26.2. The number of unbranched alkanes of at least 4 members (excludes halogenated alkanes) is 7. The number of rotatable bonds is 17. The van der Waals surface area contributed by atoms with E-state index in [2.05, 4.69) is 31.2 Å². The van der Waals surface area contributed by atoms with Gasteiger partial charge in [0, 0.05) is 30.3 Å². The van der Waals surface area contributed by atoms with Gasteiger partial charge in [-0.1, -0.05) is 111 Å². The monoisotopic (exact) mass is 667 g/mol. The predicted molar refractivity (Wildman–Crippen MR) is 194 cm³/mol. The number of para-hydroxylation sites is 1. The Morgan fingerprint density at radius 2 is 1.55 bits per heavy atom. The second-order valence-electron chi connectivity index (χ2n) is 11.8. The van der Waals surface area contributed by atoms with Gasteiger partial charge in [-0.15, -0.1) is 0 Å². The van der Waals surface area contributed by atoms with E-state index in [1.807, 2.05) is 71.6 Å². The van der Waals surface area contributed by atoms with Gasteiger partial charge in [0.2, 0.25) is 0 Å². The number of thioether (sulfide) groups is 1. The lowest BCUT2D eigenvalue weighted by atomic mass is 10.1. The van der Waals surface area contributed by atoms with Crippen LogP contribution in [0.4, 0.5) is 0 Å². The summed E-state index contributed by atoms with van der Waals surface area (Å²) in [6.07, 6.45) is 12.2. The molecule has 4 aromatic rings. The standard InChI is InChI=1S/C38H41N3O4S2/c1-28-16-18-29(19-17-28)27-45-33-22-20-30(21-23-33)36-31(26-41(39-36)32-13-9-8-10-14-32)25-34-37(44)40(38(46)47-34)24-12-7-5-3-2-4-6-11-15-35(42)43/h8-10,13-14,16-23,25-26H,2-7,11-12,15,24,27H2,1H3,(H,42,43). The van der Waals surface area contributed by atoms with Gasteiger partial charge in [-0.25, -0.2) is 4.68 Å². The molecule has 2 heterocycles. The Hall–Kier alpha value is -4.21. The van der Waals surface area contributed by atoms with E-state index in [1.165, 1.54) is 17.3 Å². The average molecular weight is 668 g/mol. The minimum absolute atomic E-state index is 0.0586. The maximum absolute atomic E-state index is 13.5. The third-order valence-corrected chi connectivity index (χ3v) is 9.48. The van der Waals surface area contributed by atoms with Crippen LogP contribution in [0.25, 0.3) is 23.0 Å². The number of ether oxygens (including phenoxy) is 1. The summed E-state index contributed by atoms with van der Waals surface area (Å²) < 4.78 is 8.46. The van der Waals surface area contributed by atoms with Crippen molar-refractivity contribution in [1.29, 1.82) is 0 Å². The van der Waals surface area contributed by atoms with Gasteiger partial charge in [-0.05, 0) is 67.8 Å². The molecule has 1 aromatic heterocycles. The number of carbonyl (C=O) groups is 2. The van der Waals surface area contributed by atoms with Gasteiger partial charge in [-0.3, -0.25) is 14.5 Å². The lowest BCUT2D eigenvalue weighted by Crippen LogP contribution is -2.29. The Labute approximate surface area is 286 Å². The van der Waals surface area contributed by atoms with E-state index < -0.39 is 5.97 Å². The highest BCUT2D eigenvalue weighted by atomic mass is 32.2. The van der Waals surface area contributed by atoms with Crippen molar-refractivity contribution in [3.05, 3.63) is 107 Å². The van der Waals surface area contributed by atoms with Crippen molar-refractivity contribution < 1.29 is 19.4 Å². The summed E-state index contributed by atoms with van der Waals surface area (Å²) in [5, 5.41) is 13.7. The molecule has 0 aliphatic carbocycles. The fourth-order valence-corrected chi connectivity index (χ4v) is 6.73. The van der Waals surface area contributed by atoms with Crippen LogP contribution in [0.3, 0.4) is 0 Å². The fraction of sp³-hybridized carbons (Fsp3) is 0.316. The third-order valence-electron chi connectivity index (χ3n) is 8.10. The molecule has 0 unspecified atom stereocenters. The molecule has 1 saturated heterocycles. The van der Waals surface area contributed by atoms with Crippen molar-refractivity contribution in [2.45, 2.75) is 71.3 Å². The molecule has 244 valence electrons. The highest BCUT2D eigenvalue weighted by Crippen LogP contribution is 2.35. The van der Waals surface area contributed by atoms with Gasteiger partial charge in [0.05, 0.1) is 16.3 Å². The van der Waals surface area contributed by atoms with Crippen LogP contribution in [0.2, 0.25) is 0 Å². The summed E-state index contributed by atoms with van der Waals surface area (Å²) in [5.74, 6) is -0.00417. The quantitative estimate of drug-likeness (QED) is 0.0683. The van der Waals surface area contributed by atoms with E-state index in [4.69, 9.17) is 27.2 Å². The summed E-state index contributed by atoms with van der Waals surface area (Å²) in [4.78, 5) is 26.4. The average Bonchev–Trinajstić information content (AvgIpc) is 3.62. The lowest BCUT2D eigenvalue weighted by molar-refractivity contribution is -0.137. The SMILES string of the molecule is Cc1ccc(COc2ccc(-c3nn(-c4ccccc4)cc3C=C3SC(=S)N(CCCCCCCCCCC(=O)O)C3=O)cc2)cc1. The highest BCUT2D eigenvalue weighted by molar-refractivity contribution is 8.26. The number of thiocarbonyl (C=S) groups is 1. The van der Waals surface area contributed by atoms with Crippen LogP contribution >= 0.6 is 24.0 Å². The van der Waals surface area contributed by atoms with Crippen molar-refractivity contribution in [2.75, 3.05) is 6.54 Å². The van der Waals surface area contributed by atoms with Crippen LogP contribution in [0.5, 0.6) is 5.75 Å². The maximum atomic E-state index is 13.5. The molecule has 0 bridgehead atoms. The van der Waals surface area contributed by atoms with E-state index in [0.29, 0.717) is 22.4 Å². The molecule has 1 aliphatic heterocycles. The van der Waals surface area contributed by atoms with E-state index >= 15 is 0 Å². The molecule has 0 saturated carbocycles. The zero-order valence-corrected chi connectivity index (χ0v) is 28.4. The predicted octanol–water partition coefficient (Wildman–Crippen LogP) is 9.22. The molecule has 0 spiro atoms. The molecule has 1 fully saturated rings. The van der Waals surface area contributed by atoms with Gasteiger partial charge in [0.25, 0.3) is 5.91 Å². The first-order valence-electron chi connectivity index (χ1n) is 16.3. The molecule has 9 heteroatoms. The number of carboxylic acids is 1. The second kappa shape index (κ2) is 17.1. The van der Waals surface area contributed by atoms with Crippen molar-refractivity contribution in [3.8, 4) is 22.7 Å². The van der Waals surface area contributed by atoms with Crippen LogP contribution in [0, 0.1) is 6.92 Å². The number of hydrogen-bond donors (Lipinski definition) is 1. The molecular weight excluding hydrogens is 627 g/mol. The number of carboxylic acid groups (broad SMARTS) is 1. The number of aryl methyl sites for hydroxylation is 1. The second-order valence-corrected chi connectivity index (χ2v) is 13.5. The molecule has 1 amide bonds. The molecular formula is C38H41N3O4S2. The Kier molecular flexibility index (Phi) is 12.4. The molecule has 3 aromatic carbocycles. The molecule has 7 nitrogen and oxygen atoms in total. The summed E-state index contributed by atoms with van der Waals surface area (Å²) >= 11 is 6.97. The molecule has 1 N–H and O–H groups in total. The van der Waals surface area contributed by atoms with Crippen LogP contribution < -0.4 is 4.74 Å². The van der Waals surface area contributed by atoms with Gasteiger partial charge >= 0.3 is 5.97 Å². The zero-order valence-electron chi connectivity index (χ0n) is 26.8. The van der Waals surface area contributed by atoms with Gasteiger partial charge < -0.3 is 9.84 Å². The van der Waals surface area contributed by atoms with E-state index in [1.54, 1.807) is 4.90 Å². The van der Waals surface area contributed by atoms with Gasteiger partial charge in [0.1, 0.15) is 16.7 Å². The Bertz CT molecular complexity index is 1680.